The van der Waals surface area contributed by atoms with Crippen LogP contribution in [0.5, 0.6) is 11.5 Å². The summed E-state index contributed by atoms with van der Waals surface area (Å²) < 4.78 is 38.8. The fraction of sp³-hybridized carbons (Fsp3) is 0.350. The highest BCUT2D eigenvalue weighted by molar-refractivity contribution is 7.92. The van der Waals surface area contributed by atoms with Crippen molar-refractivity contribution in [3.63, 3.8) is 0 Å². The zero-order valence-corrected chi connectivity index (χ0v) is 17.0. The fourth-order valence-corrected chi connectivity index (χ4v) is 4.50. The van der Waals surface area contributed by atoms with Crippen molar-refractivity contribution >= 4 is 21.6 Å². The van der Waals surface area contributed by atoms with Crippen molar-refractivity contribution in [2.45, 2.75) is 31.2 Å². The van der Waals surface area contributed by atoms with Crippen molar-refractivity contribution in [1.29, 1.82) is 0 Å². The molecule has 0 unspecified atom stereocenters. The summed E-state index contributed by atoms with van der Waals surface area (Å²) in [5.74, 6) is 0.740. The van der Waals surface area contributed by atoms with E-state index in [0.717, 1.165) is 17.5 Å². The van der Waals surface area contributed by atoms with Gasteiger partial charge in [0.25, 0.3) is 10.0 Å². The lowest BCUT2D eigenvalue weighted by Gasteiger charge is -2.29. The van der Waals surface area contributed by atoms with E-state index in [2.05, 4.69) is 4.72 Å². The Kier molecular flexibility index (Phi) is 5.79. The molecule has 0 aliphatic carbocycles. The van der Waals surface area contributed by atoms with Gasteiger partial charge in [-0.3, -0.25) is 9.52 Å². The van der Waals surface area contributed by atoms with E-state index in [1.165, 1.54) is 20.3 Å². The van der Waals surface area contributed by atoms with Crippen LogP contribution in [0.25, 0.3) is 0 Å². The molecular weight excluding hydrogens is 380 g/mol. The topological polar surface area (TPSA) is 84.9 Å². The molecule has 28 heavy (non-hydrogen) atoms. The maximum Gasteiger partial charge on any atom is 0.265 e. The minimum atomic E-state index is -3.89. The van der Waals surface area contributed by atoms with Crippen molar-refractivity contribution in [3.8, 4) is 11.5 Å². The van der Waals surface area contributed by atoms with Crippen molar-refractivity contribution in [2.24, 2.45) is 0 Å². The number of anilines is 1. The number of sulfonamides is 1. The Hall–Kier alpha value is -2.74. The fourth-order valence-electron chi connectivity index (χ4n) is 3.26. The number of fused-ring (bicyclic) bond motifs is 1. The number of ether oxygens (including phenoxy) is 2. The molecular formula is C20H24N2O5S. The van der Waals surface area contributed by atoms with Crippen LogP contribution in [0.3, 0.4) is 0 Å². The van der Waals surface area contributed by atoms with Crippen LogP contribution in [0, 0.1) is 0 Å². The molecule has 1 N–H and O–H groups in total. The van der Waals surface area contributed by atoms with Crippen LogP contribution < -0.4 is 14.2 Å². The lowest BCUT2D eigenvalue weighted by molar-refractivity contribution is -0.131. The van der Waals surface area contributed by atoms with Crippen molar-refractivity contribution in [3.05, 3.63) is 47.5 Å². The third-order valence-corrected chi connectivity index (χ3v) is 6.19. The zero-order valence-electron chi connectivity index (χ0n) is 16.2. The second-order valence-corrected chi connectivity index (χ2v) is 8.18. The number of rotatable bonds is 6. The molecule has 2 aromatic rings. The van der Waals surface area contributed by atoms with Crippen LogP contribution in [0.2, 0.25) is 0 Å². The Balaban J connectivity index is 1.89. The average Bonchev–Trinajstić information content (AvgIpc) is 2.71. The molecule has 0 atom stereocenters. The van der Waals surface area contributed by atoms with Crippen LogP contribution in [-0.2, 0) is 27.8 Å². The van der Waals surface area contributed by atoms with Gasteiger partial charge in [-0.1, -0.05) is 13.0 Å². The Morgan fingerprint density at radius 2 is 1.89 bits per heavy atom. The number of nitrogens with zero attached hydrogens (tertiary/aromatic N) is 1. The van der Waals surface area contributed by atoms with Gasteiger partial charge in [0.2, 0.25) is 5.91 Å². The quantitative estimate of drug-likeness (QED) is 0.800. The molecule has 0 aromatic heterocycles. The van der Waals surface area contributed by atoms with Gasteiger partial charge in [0.05, 0.1) is 14.2 Å². The molecule has 1 heterocycles. The summed E-state index contributed by atoms with van der Waals surface area (Å²) >= 11 is 0. The number of benzene rings is 2. The minimum Gasteiger partial charge on any atom is -0.497 e. The maximum absolute atomic E-state index is 12.9. The largest absolute Gasteiger partial charge is 0.497 e. The summed E-state index contributed by atoms with van der Waals surface area (Å²) in [5, 5.41) is 0. The standard InChI is InChI=1S/C20H24N2O5S/c1-4-20(23)22-10-9-14-5-6-16(11-15(14)13-22)21-28(24,25)19-12-17(26-2)7-8-18(19)27-3/h5-8,11-12,21H,4,9-10,13H2,1-3H3. The molecule has 2 aromatic carbocycles. The van der Waals surface area contributed by atoms with E-state index in [1.54, 1.807) is 29.2 Å². The molecule has 0 saturated heterocycles. The van der Waals surface area contributed by atoms with E-state index in [0.29, 0.717) is 30.9 Å². The summed E-state index contributed by atoms with van der Waals surface area (Å²) in [6.07, 6.45) is 1.22. The van der Waals surface area contributed by atoms with E-state index in [-0.39, 0.29) is 16.6 Å². The molecule has 1 amide bonds. The van der Waals surface area contributed by atoms with Gasteiger partial charge in [-0.05, 0) is 41.8 Å². The number of amides is 1. The predicted octanol–water partition coefficient (Wildman–Crippen LogP) is 2.80. The van der Waals surface area contributed by atoms with E-state index < -0.39 is 10.0 Å². The van der Waals surface area contributed by atoms with Crippen LogP contribution in [0.1, 0.15) is 24.5 Å². The molecule has 150 valence electrons. The smallest absolute Gasteiger partial charge is 0.265 e. The van der Waals surface area contributed by atoms with Crippen molar-refractivity contribution in [1.82, 2.24) is 4.90 Å². The predicted molar refractivity (Wildman–Crippen MR) is 106 cm³/mol. The summed E-state index contributed by atoms with van der Waals surface area (Å²) in [6.45, 7) is 3.01. The van der Waals surface area contributed by atoms with Gasteiger partial charge in [0, 0.05) is 31.3 Å². The third kappa shape index (κ3) is 4.06. The molecule has 0 bridgehead atoms. The minimum absolute atomic E-state index is 0.00476. The van der Waals surface area contributed by atoms with Gasteiger partial charge in [-0.25, -0.2) is 8.42 Å². The number of nitrogens with one attached hydrogen (secondary N) is 1. The Morgan fingerprint density at radius 1 is 1.11 bits per heavy atom. The highest BCUT2D eigenvalue weighted by Gasteiger charge is 2.23. The summed E-state index contributed by atoms with van der Waals surface area (Å²) in [5.41, 5.74) is 2.52. The Morgan fingerprint density at radius 3 is 2.57 bits per heavy atom. The van der Waals surface area contributed by atoms with Crippen LogP contribution in [-0.4, -0.2) is 40.0 Å². The van der Waals surface area contributed by atoms with Crippen LogP contribution in [0.15, 0.2) is 41.3 Å². The van der Waals surface area contributed by atoms with Crippen LogP contribution >= 0.6 is 0 Å². The highest BCUT2D eigenvalue weighted by atomic mass is 32.2. The molecule has 0 fully saturated rings. The second kappa shape index (κ2) is 8.10. The number of methoxy groups -OCH3 is 2. The molecule has 0 spiro atoms. The molecule has 8 heteroatoms. The maximum atomic E-state index is 12.9. The highest BCUT2D eigenvalue weighted by Crippen LogP contribution is 2.30. The van der Waals surface area contributed by atoms with Gasteiger partial charge in [-0.15, -0.1) is 0 Å². The van der Waals surface area contributed by atoms with Crippen molar-refractivity contribution < 1.29 is 22.7 Å². The van der Waals surface area contributed by atoms with Gasteiger partial charge in [0.15, 0.2) is 0 Å². The summed E-state index contributed by atoms with van der Waals surface area (Å²) in [7, 11) is -0.999. The molecule has 1 aliphatic heterocycles. The lowest BCUT2D eigenvalue weighted by atomic mass is 9.99. The first-order valence-corrected chi connectivity index (χ1v) is 10.5. The normalized spacial score (nSPS) is 13.6. The Labute approximate surface area is 165 Å². The van der Waals surface area contributed by atoms with E-state index >= 15 is 0 Å². The van der Waals surface area contributed by atoms with Gasteiger partial charge >= 0.3 is 0 Å². The first-order chi connectivity index (χ1) is 13.4. The van der Waals surface area contributed by atoms with Crippen molar-refractivity contribution in [2.75, 3.05) is 25.5 Å². The number of carbonyl (C=O) groups excluding carboxylic acids is 1. The third-order valence-electron chi connectivity index (χ3n) is 4.79. The number of carbonyl (C=O) groups is 1. The van der Waals surface area contributed by atoms with E-state index in [9.17, 15) is 13.2 Å². The zero-order chi connectivity index (χ0) is 20.3. The second-order valence-electron chi connectivity index (χ2n) is 6.52. The van der Waals surface area contributed by atoms with Gasteiger partial charge in [0.1, 0.15) is 16.4 Å². The summed E-state index contributed by atoms with van der Waals surface area (Å²) in [4.78, 5) is 13.8. The number of hydrogen-bond donors (Lipinski definition) is 1. The molecule has 7 nitrogen and oxygen atoms in total. The molecule has 3 rings (SSSR count). The average molecular weight is 404 g/mol. The van der Waals surface area contributed by atoms with Gasteiger partial charge < -0.3 is 14.4 Å². The summed E-state index contributed by atoms with van der Waals surface area (Å²) in [6, 6.07) is 10.0. The monoisotopic (exact) mass is 404 g/mol. The molecule has 0 radical (unpaired) electrons. The van der Waals surface area contributed by atoms with E-state index in [1.807, 2.05) is 13.0 Å². The lowest BCUT2D eigenvalue weighted by Crippen LogP contribution is -2.35. The number of hydrogen-bond acceptors (Lipinski definition) is 5. The van der Waals surface area contributed by atoms with Crippen LogP contribution in [0.4, 0.5) is 5.69 Å². The first-order valence-electron chi connectivity index (χ1n) is 9.02. The molecule has 1 aliphatic rings. The first kappa shape index (κ1) is 20.0. The van der Waals surface area contributed by atoms with Gasteiger partial charge in [-0.2, -0.15) is 0 Å². The van der Waals surface area contributed by atoms with E-state index in [4.69, 9.17) is 9.47 Å². The molecule has 0 saturated carbocycles. The Bertz CT molecular complexity index is 988. The SMILES string of the molecule is CCC(=O)N1CCc2ccc(NS(=O)(=O)c3cc(OC)ccc3OC)cc2C1.